The number of likely N-dealkylation sites (N-methyl/N-ethyl adjacent to an activating group) is 1. The molecule has 10 heteroatoms. The topological polar surface area (TPSA) is 89.0 Å². The van der Waals surface area contributed by atoms with E-state index in [1.165, 1.54) is 23.7 Å². The van der Waals surface area contributed by atoms with Crippen molar-refractivity contribution in [1.82, 2.24) is 14.2 Å². The van der Waals surface area contributed by atoms with Gasteiger partial charge in [-0.05, 0) is 24.2 Å². The van der Waals surface area contributed by atoms with E-state index in [0.717, 1.165) is 6.54 Å². The maximum atomic E-state index is 12.8. The van der Waals surface area contributed by atoms with Crippen molar-refractivity contribution in [3.05, 3.63) is 17.8 Å². The molecule has 1 aliphatic rings. The summed E-state index contributed by atoms with van der Waals surface area (Å²) in [6.07, 6.45) is 1.19. The highest BCUT2D eigenvalue weighted by molar-refractivity contribution is 7.89. The number of piperazine rings is 1. The minimum Gasteiger partial charge on any atom is -0.475 e. The van der Waals surface area contributed by atoms with E-state index >= 15 is 0 Å². The number of hydrogen-bond acceptors (Lipinski definition) is 7. The number of pyridine rings is 1. The van der Waals surface area contributed by atoms with Crippen molar-refractivity contribution in [3.63, 3.8) is 0 Å². The van der Waals surface area contributed by atoms with Crippen molar-refractivity contribution in [2.24, 2.45) is 0 Å². The Labute approximate surface area is 152 Å². The van der Waals surface area contributed by atoms with E-state index in [2.05, 4.69) is 9.88 Å². The number of nitrogens with zero attached hydrogens (tertiary/aromatic N) is 3. The van der Waals surface area contributed by atoms with Crippen molar-refractivity contribution in [2.75, 3.05) is 53.0 Å². The van der Waals surface area contributed by atoms with Crippen LogP contribution >= 0.6 is 11.6 Å². The number of halogens is 1. The molecule has 0 amide bonds. The lowest BCUT2D eigenvalue weighted by atomic mass is 10.3. The van der Waals surface area contributed by atoms with Crippen molar-refractivity contribution in [1.29, 1.82) is 0 Å². The number of hydrogen-bond donors (Lipinski definition) is 0. The van der Waals surface area contributed by atoms with Gasteiger partial charge in [-0.3, -0.25) is 4.79 Å². The van der Waals surface area contributed by atoms with Gasteiger partial charge in [-0.25, -0.2) is 13.4 Å². The molecule has 2 rings (SSSR count). The third-order valence-corrected chi connectivity index (χ3v) is 6.05. The second kappa shape index (κ2) is 8.91. The van der Waals surface area contributed by atoms with Crippen LogP contribution in [0.4, 0.5) is 0 Å². The molecule has 1 aliphatic heterocycles. The Kier molecular flexibility index (Phi) is 7.14. The molecule has 2 heterocycles. The third-order valence-electron chi connectivity index (χ3n) is 3.98. The Bertz CT molecular complexity index is 705. The summed E-state index contributed by atoms with van der Waals surface area (Å²) in [5.41, 5.74) is -0.0777. The Morgan fingerprint density at radius 1 is 1.28 bits per heavy atom. The van der Waals surface area contributed by atoms with Gasteiger partial charge < -0.3 is 14.4 Å². The first kappa shape index (κ1) is 20.1. The van der Waals surface area contributed by atoms with Gasteiger partial charge in [-0.2, -0.15) is 4.31 Å². The first-order chi connectivity index (χ1) is 11.9. The summed E-state index contributed by atoms with van der Waals surface area (Å²) >= 11 is 5.56. The van der Waals surface area contributed by atoms with E-state index in [4.69, 9.17) is 21.1 Å². The third kappa shape index (κ3) is 4.89. The number of carbonyl (C=O) groups excluding carboxylic acids is 1. The normalized spacial score (nSPS) is 16.8. The van der Waals surface area contributed by atoms with E-state index in [9.17, 15) is 13.2 Å². The van der Waals surface area contributed by atoms with Crippen LogP contribution in [0.15, 0.2) is 17.2 Å². The number of methoxy groups -OCH3 is 1. The van der Waals surface area contributed by atoms with Crippen LogP contribution in [0.2, 0.25) is 0 Å². The second-order valence-corrected chi connectivity index (χ2v) is 7.76. The number of ether oxygens (including phenoxy) is 2. The molecule has 1 aromatic rings. The van der Waals surface area contributed by atoms with Crippen molar-refractivity contribution >= 4 is 26.9 Å². The molecule has 1 aromatic heterocycles. The first-order valence-corrected chi connectivity index (χ1v) is 9.76. The number of carbonyl (C=O) groups is 1. The van der Waals surface area contributed by atoms with Crippen LogP contribution in [-0.4, -0.2) is 80.9 Å². The van der Waals surface area contributed by atoms with E-state index in [1.54, 1.807) is 0 Å². The number of sulfonamides is 1. The lowest BCUT2D eigenvalue weighted by Gasteiger charge is -2.33. The molecule has 0 atom stereocenters. The van der Waals surface area contributed by atoms with Crippen LogP contribution in [0.3, 0.4) is 0 Å². The van der Waals surface area contributed by atoms with Crippen LogP contribution in [0.1, 0.15) is 17.3 Å². The SMILES string of the molecule is CCN1CCN(S(=O)(=O)c2cnc(OCCOC)c(C(=O)Cl)c2)CC1. The fourth-order valence-electron chi connectivity index (χ4n) is 2.49. The lowest BCUT2D eigenvalue weighted by molar-refractivity contribution is 0.107. The van der Waals surface area contributed by atoms with Crippen LogP contribution in [-0.2, 0) is 14.8 Å². The van der Waals surface area contributed by atoms with Gasteiger partial charge in [0.2, 0.25) is 15.9 Å². The summed E-state index contributed by atoms with van der Waals surface area (Å²) in [5, 5.41) is -0.826. The van der Waals surface area contributed by atoms with Crippen molar-refractivity contribution in [3.8, 4) is 5.88 Å². The van der Waals surface area contributed by atoms with Gasteiger partial charge in [0.15, 0.2) is 0 Å². The largest absolute Gasteiger partial charge is 0.475 e. The predicted octanol–water partition coefficient (Wildman–Crippen LogP) is 0.812. The van der Waals surface area contributed by atoms with E-state index in [-0.39, 0.29) is 22.9 Å². The zero-order chi connectivity index (χ0) is 18.4. The summed E-state index contributed by atoms with van der Waals surface area (Å²) in [6, 6.07) is 1.21. The molecule has 0 saturated carbocycles. The Morgan fingerprint density at radius 2 is 1.96 bits per heavy atom. The van der Waals surface area contributed by atoms with Gasteiger partial charge in [0.05, 0.1) is 18.4 Å². The van der Waals surface area contributed by atoms with E-state index in [1.807, 2.05) is 6.92 Å². The van der Waals surface area contributed by atoms with Crippen molar-refractivity contribution in [2.45, 2.75) is 11.8 Å². The molecule has 0 N–H and O–H groups in total. The Balaban J connectivity index is 2.23. The summed E-state index contributed by atoms with van der Waals surface area (Å²) < 4.78 is 37.1. The molecule has 8 nitrogen and oxygen atoms in total. The average Bonchev–Trinajstić information content (AvgIpc) is 2.62. The lowest BCUT2D eigenvalue weighted by Crippen LogP contribution is -2.48. The monoisotopic (exact) mass is 391 g/mol. The van der Waals surface area contributed by atoms with Crippen LogP contribution in [0.25, 0.3) is 0 Å². The molecule has 140 valence electrons. The fourth-order valence-corrected chi connectivity index (χ4v) is 4.02. The molecule has 25 heavy (non-hydrogen) atoms. The average molecular weight is 392 g/mol. The zero-order valence-corrected chi connectivity index (χ0v) is 15.8. The highest BCUT2D eigenvalue weighted by atomic mass is 35.5. The molecular formula is C15H22ClN3O5S. The predicted molar refractivity (Wildman–Crippen MR) is 92.7 cm³/mol. The Morgan fingerprint density at radius 3 is 2.52 bits per heavy atom. The van der Waals surface area contributed by atoms with Gasteiger partial charge in [0, 0.05) is 33.3 Å². The van der Waals surface area contributed by atoms with E-state index < -0.39 is 15.3 Å². The molecule has 1 saturated heterocycles. The minimum atomic E-state index is -3.74. The standard InChI is InChI=1S/C15H22ClN3O5S/c1-3-18-4-6-19(7-5-18)25(21,22)12-10-13(14(16)20)15(17-11-12)24-9-8-23-2/h10-11H,3-9H2,1-2H3. The van der Waals surface area contributed by atoms with Crippen LogP contribution in [0.5, 0.6) is 5.88 Å². The summed E-state index contributed by atoms with van der Waals surface area (Å²) in [6.45, 7) is 5.53. The van der Waals surface area contributed by atoms with Gasteiger partial charge in [0.25, 0.3) is 5.24 Å². The fraction of sp³-hybridized carbons (Fsp3) is 0.600. The van der Waals surface area contributed by atoms with Crippen LogP contribution in [0, 0.1) is 0 Å². The maximum Gasteiger partial charge on any atom is 0.257 e. The molecule has 0 aromatic carbocycles. The number of aromatic nitrogens is 1. The van der Waals surface area contributed by atoms with Gasteiger partial charge in [0.1, 0.15) is 11.5 Å². The van der Waals surface area contributed by atoms with Crippen LogP contribution < -0.4 is 4.74 Å². The zero-order valence-electron chi connectivity index (χ0n) is 14.3. The van der Waals surface area contributed by atoms with Gasteiger partial charge in [-0.15, -0.1) is 0 Å². The maximum absolute atomic E-state index is 12.8. The smallest absolute Gasteiger partial charge is 0.257 e. The minimum absolute atomic E-state index is 0.00759. The molecule has 0 bridgehead atoms. The second-order valence-electron chi connectivity index (χ2n) is 5.48. The summed E-state index contributed by atoms with van der Waals surface area (Å²) in [5.74, 6) is -0.00759. The summed E-state index contributed by atoms with van der Waals surface area (Å²) in [4.78, 5) is 17.7. The molecular weight excluding hydrogens is 370 g/mol. The molecule has 0 aliphatic carbocycles. The van der Waals surface area contributed by atoms with E-state index in [0.29, 0.717) is 32.8 Å². The highest BCUT2D eigenvalue weighted by Crippen LogP contribution is 2.24. The van der Waals surface area contributed by atoms with Gasteiger partial charge >= 0.3 is 0 Å². The van der Waals surface area contributed by atoms with Gasteiger partial charge in [-0.1, -0.05) is 6.92 Å². The first-order valence-electron chi connectivity index (χ1n) is 7.94. The highest BCUT2D eigenvalue weighted by Gasteiger charge is 2.29. The molecule has 1 fully saturated rings. The quantitative estimate of drug-likeness (QED) is 0.478. The summed E-state index contributed by atoms with van der Waals surface area (Å²) in [7, 11) is -2.23. The number of rotatable bonds is 8. The molecule has 0 unspecified atom stereocenters. The van der Waals surface area contributed by atoms with Crippen molar-refractivity contribution < 1.29 is 22.7 Å². The molecule has 0 spiro atoms. The Hall–Kier alpha value is -1.26. The molecule has 0 radical (unpaired) electrons.